The average molecular weight is 451 g/mol. The average Bonchev–Trinajstić information content (AvgIpc) is 3.16. The second kappa shape index (κ2) is 8.97. The molecule has 1 saturated heterocycles. The van der Waals surface area contributed by atoms with Crippen molar-refractivity contribution >= 4 is 11.6 Å². The van der Waals surface area contributed by atoms with E-state index in [9.17, 15) is 22.7 Å². The van der Waals surface area contributed by atoms with E-state index in [4.69, 9.17) is 4.74 Å². The van der Waals surface area contributed by atoms with Gasteiger partial charge in [0.05, 0.1) is 22.7 Å². The van der Waals surface area contributed by atoms with Crippen LogP contribution >= 0.6 is 0 Å². The van der Waals surface area contributed by atoms with Crippen LogP contribution in [0.25, 0.3) is 5.88 Å². The number of aliphatic hydroxyl groups excluding tert-OH is 1. The Labute approximate surface area is 183 Å². The molecule has 0 bridgehead atoms. The van der Waals surface area contributed by atoms with Gasteiger partial charge in [0.25, 0.3) is 0 Å². The lowest BCUT2D eigenvalue weighted by molar-refractivity contribution is -0.138. The van der Waals surface area contributed by atoms with Gasteiger partial charge in [-0.15, -0.1) is 0 Å². The Morgan fingerprint density at radius 2 is 1.91 bits per heavy atom. The Morgan fingerprint density at radius 1 is 1.16 bits per heavy atom. The first kappa shape index (κ1) is 22.4. The van der Waals surface area contributed by atoms with Crippen molar-refractivity contribution in [1.82, 2.24) is 4.90 Å². The van der Waals surface area contributed by atoms with Gasteiger partial charge in [-0.25, -0.2) is 4.39 Å². The molecule has 0 amide bonds. The fourth-order valence-corrected chi connectivity index (χ4v) is 4.18. The molecule has 0 aliphatic carbocycles. The number of benzene rings is 2. The van der Waals surface area contributed by atoms with Gasteiger partial charge < -0.3 is 14.7 Å². The molecule has 2 aromatic rings. The number of aliphatic hydroxyl groups is 1. The summed E-state index contributed by atoms with van der Waals surface area (Å²) in [5.74, 6) is 0.122. The summed E-state index contributed by atoms with van der Waals surface area (Å²) in [5, 5.41) is 10.6. The van der Waals surface area contributed by atoms with Crippen molar-refractivity contribution in [3.05, 3.63) is 58.6 Å². The smallest absolute Gasteiger partial charge is 0.417 e. The van der Waals surface area contributed by atoms with Crippen LogP contribution in [0, 0.1) is 0 Å². The third kappa shape index (κ3) is 4.67. The van der Waals surface area contributed by atoms with Gasteiger partial charge >= 0.3 is 6.18 Å². The Bertz CT molecular complexity index is 1070. The summed E-state index contributed by atoms with van der Waals surface area (Å²) in [7, 11) is 0. The molecule has 0 saturated carbocycles. The first-order valence-corrected chi connectivity index (χ1v) is 10.6. The van der Waals surface area contributed by atoms with Gasteiger partial charge in [0.1, 0.15) is 18.1 Å². The van der Waals surface area contributed by atoms with E-state index >= 15 is 0 Å². The van der Waals surface area contributed by atoms with Crippen LogP contribution in [0.1, 0.15) is 25.3 Å². The molecule has 1 fully saturated rings. The van der Waals surface area contributed by atoms with E-state index in [0.717, 1.165) is 25.6 Å². The molecule has 0 aromatic heterocycles. The van der Waals surface area contributed by atoms with Crippen LogP contribution in [0.3, 0.4) is 0 Å². The SMILES string of the molecule is CC1N=c2cccc(C(F)(F)F)c2=C(O)N1c1ccc(OCCCN2CC[C@@H](F)C2)cc1. The fourth-order valence-electron chi connectivity index (χ4n) is 4.18. The summed E-state index contributed by atoms with van der Waals surface area (Å²) in [6.45, 7) is 4.20. The molecular weight excluding hydrogens is 426 g/mol. The third-order valence-corrected chi connectivity index (χ3v) is 5.72. The van der Waals surface area contributed by atoms with Crippen molar-refractivity contribution in [1.29, 1.82) is 0 Å². The normalized spacial score (nSPS) is 21.4. The van der Waals surface area contributed by atoms with Crippen molar-refractivity contribution in [3.63, 3.8) is 0 Å². The molecule has 5 nitrogen and oxygen atoms in total. The second-order valence-corrected chi connectivity index (χ2v) is 8.03. The van der Waals surface area contributed by atoms with E-state index in [1.807, 2.05) is 0 Å². The van der Waals surface area contributed by atoms with Crippen LogP contribution in [0.2, 0.25) is 0 Å². The van der Waals surface area contributed by atoms with Crippen LogP contribution in [0.15, 0.2) is 47.5 Å². The van der Waals surface area contributed by atoms with E-state index < -0.39 is 30.0 Å². The first-order valence-electron chi connectivity index (χ1n) is 10.6. The maximum atomic E-state index is 13.5. The van der Waals surface area contributed by atoms with E-state index in [-0.39, 0.29) is 10.6 Å². The van der Waals surface area contributed by atoms with Crippen LogP contribution in [-0.4, -0.2) is 48.6 Å². The molecule has 2 aliphatic rings. The number of likely N-dealkylation sites (tertiary alicyclic amines) is 1. The highest BCUT2D eigenvalue weighted by atomic mass is 19.4. The van der Waals surface area contributed by atoms with Gasteiger partial charge in [-0.3, -0.25) is 9.89 Å². The molecule has 4 rings (SSSR count). The number of halogens is 4. The lowest BCUT2D eigenvalue weighted by Gasteiger charge is -2.30. The standard InChI is InChI=1S/C23H25F4N3O2/c1-15-28-20-5-2-4-19(23(25,26)27)21(20)22(31)30(15)17-6-8-18(9-7-17)32-13-3-11-29-12-10-16(24)14-29/h2,4-9,15-16,31H,3,10-14H2,1H3/t15?,16-/m1/s1. The maximum absolute atomic E-state index is 13.5. The number of hydrogen-bond acceptors (Lipinski definition) is 5. The topological polar surface area (TPSA) is 48.3 Å². The largest absolute Gasteiger partial charge is 0.494 e. The highest BCUT2D eigenvalue weighted by Crippen LogP contribution is 2.29. The van der Waals surface area contributed by atoms with E-state index in [1.165, 1.54) is 17.0 Å². The molecule has 2 atom stereocenters. The molecule has 32 heavy (non-hydrogen) atoms. The summed E-state index contributed by atoms with van der Waals surface area (Å²) >= 11 is 0. The lowest BCUT2D eigenvalue weighted by Crippen LogP contribution is -2.47. The summed E-state index contributed by atoms with van der Waals surface area (Å²) in [4.78, 5) is 7.77. The molecule has 1 unspecified atom stereocenters. The zero-order chi connectivity index (χ0) is 22.9. The van der Waals surface area contributed by atoms with Gasteiger partial charge in [-0.05, 0) is 56.2 Å². The predicted molar refractivity (Wildman–Crippen MR) is 113 cm³/mol. The summed E-state index contributed by atoms with van der Waals surface area (Å²) < 4.78 is 59.3. The zero-order valence-electron chi connectivity index (χ0n) is 17.6. The van der Waals surface area contributed by atoms with Crippen LogP contribution < -0.4 is 20.2 Å². The van der Waals surface area contributed by atoms with Crippen LogP contribution in [0.4, 0.5) is 23.2 Å². The molecule has 0 spiro atoms. The van der Waals surface area contributed by atoms with E-state index in [0.29, 0.717) is 31.0 Å². The Kier molecular flexibility index (Phi) is 6.28. The summed E-state index contributed by atoms with van der Waals surface area (Å²) in [6.07, 6.45) is -4.58. The molecular formula is C23H25F4N3O2. The lowest BCUT2D eigenvalue weighted by atomic mass is 10.1. The Hall–Kier alpha value is -2.81. The number of ether oxygens (including phenoxy) is 1. The molecule has 2 aliphatic heterocycles. The Morgan fingerprint density at radius 3 is 2.56 bits per heavy atom. The van der Waals surface area contributed by atoms with Crippen molar-refractivity contribution < 1.29 is 27.4 Å². The molecule has 9 heteroatoms. The number of rotatable bonds is 6. The fraction of sp³-hybridized carbons (Fsp3) is 0.435. The van der Waals surface area contributed by atoms with E-state index in [2.05, 4.69) is 9.89 Å². The van der Waals surface area contributed by atoms with Gasteiger partial charge in [-0.2, -0.15) is 13.2 Å². The molecule has 1 N–H and O–H groups in total. The molecule has 0 radical (unpaired) electrons. The molecule has 2 heterocycles. The third-order valence-electron chi connectivity index (χ3n) is 5.72. The quantitative estimate of drug-likeness (QED) is 0.539. The monoisotopic (exact) mass is 451 g/mol. The van der Waals surface area contributed by atoms with Crippen LogP contribution in [-0.2, 0) is 6.18 Å². The first-order chi connectivity index (χ1) is 15.2. The second-order valence-electron chi connectivity index (χ2n) is 8.03. The van der Waals surface area contributed by atoms with Gasteiger partial charge in [-0.1, -0.05) is 6.07 Å². The predicted octanol–water partition coefficient (Wildman–Crippen LogP) is 3.63. The van der Waals surface area contributed by atoms with Crippen molar-refractivity contribution in [3.8, 4) is 5.75 Å². The van der Waals surface area contributed by atoms with Gasteiger partial charge in [0, 0.05) is 25.3 Å². The van der Waals surface area contributed by atoms with Gasteiger partial charge in [0.2, 0.25) is 5.88 Å². The minimum Gasteiger partial charge on any atom is -0.494 e. The number of hydrogen-bond donors (Lipinski definition) is 1. The minimum atomic E-state index is -4.61. The summed E-state index contributed by atoms with van der Waals surface area (Å²) in [6, 6.07) is 10.4. The highest BCUT2D eigenvalue weighted by Gasteiger charge is 2.35. The zero-order valence-corrected chi connectivity index (χ0v) is 17.6. The number of fused-ring (bicyclic) bond motifs is 1. The van der Waals surface area contributed by atoms with Crippen molar-refractivity contribution in [2.24, 2.45) is 4.99 Å². The van der Waals surface area contributed by atoms with Crippen molar-refractivity contribution in [2.45, 2.75) is 38.3 Å². The molecule has 172 valence electrons. The highest BCUT2D eigenvalue weighted by molar-refractivity contribution is 5.66. The number of nitrogens with zero attached hydrogens (tertiary/aromatic N) is 3. The van der Waals surface area contributed by atoms with Crippen LogP contribution in [0.5, 0.6) is 5.75 Å². The van der Waals surface area contributed by atoms with Gasteiger partial charge in [0.15, 0.2) is 0 Å². The number of alkyl halides is 4. The minimum absolute atomic E-state index is 0.109. The maximum Gasteiger partial charge on any atom is 0.417 e. The van der Waals surface area contributed by atoms with Crippen molar-refractivity contribution in [2.75, 3.05) is 31.1 Å². The Balaban J connectivity index is 1.48. The summed E-state index contributed by atoms with van der Waals surface area (Å²) in [5.41, 5.74) is -0.426. The number of anilines is 1. The molecule has 2 aromatic carbocycles. The van der Waals surface area contributed by atoms with E-state index in [1.54, 1.807) is 31.2 Å².